The van der Waals surface area contributed by atoms with Gasteiger partial charge in [0.1, 0.15) is 0 Å². The average Bonchev–Trinajstić information content (AvgIpc) is 2.16. The van der Waals surface area contributed by atoms with Crippen LogP contribution in [-0.2, 0) is 6.42 Å². The molecule has 0 spiro atoms. The maximum atomic E-state index is 10.3. The largest absolute Gasteiger partial charge is 0.481 e. The predicted molar refractivity (Wildman–Crippen MR) is 43.3 cm³/mol. The Kier molecular flexibility index (Phi) is 2.74. The molecule has 1 heterocycles. The standard InChI is InChI=1S/C8H10N2O2/c1-3-6-4-9-7(5-11)10-8(6)12-2/h4-5H,3H2,1-2H3. The van der Waals surface area contributed by atoms with Gasteiger partial charge in [0.2, 0.25) is 5.88 Å². The number of aldehydes is 1. The zero-order valence-electron chi connectivity index (χ0n) is 7.07. The Balaban J connectivity index is 3.10. The summed E-state index contributed by atoms with van der Waals surface area (Å²) in [7, 11) is 1.52. The minimum atomic E-state index is 0.157. The van der Waals surface area contributed by atoms with Gasteiger partial charge in [0.25, 0.3) is 0 Å². The van der Waals surface area contributed by atoms with Gasteiger partial charge in [-0.05, 0) is 6.42 Å². The zero-order valence-corrected chi connectivity index (χ0v) is 7.07. The van der Waals surface area contributed by atoms with Gasteiger partial charge in [0.05, 0.1) is 7.11 Å². The summed E-state index contributed by atoms with van der Waals surface area (Å²) in [6.45, 7) is 1.97. The third-order valence-electron chi connectivity index (χ3n) is 1.52. The minimum absolute atomic E-state index is 0.157. The van der Waals surface area contributed by atoms with Gasteiger partial charge in [-0.3, -0.25) is 4.79 Å². The molecule has 1 aromatic heterocycles. The number of nitrogens with zero attached hydrogens (tertiary/aromatic N) is 2. The second-order valence-corrected chi connectivity index (χ2v) is 2.23. The normalized spacial score (nSPS) is 9.50. The van der Waals surface area contributed by atoms with Gasteiger partial charge in [-0.25, -0.2) is 4.98 Å². The Hall–Kier alpha value is -1.45. The van der Waals surface area contributed by atoms with Crippen LogP contribution in [0.15, 0.2) is 6.20 Å². The third kappa shape index (κ3) is 1.58. The van der Waals surface area contributed by atoms with E-state index in [9.17, 15) is 4.79 Å². The fraction of sp³-hybridized carbons (Fsp3) is 0.375. The zero-order chi connectivity index (χ0) is 8.97. The van der Waals surface area contributed by atoms with Crippen molar-refractivity contribution < 1.29 is 9.53 Å². The summed E-state index contributed by atoms with van der Waals surface area (Å²) in [6, 6.07) is 0. The van der Waals surface area contributed by atoms with E-state index in [0.29, 0.717) is 12.2 Å². The summed E-state index contributed by atoms with van der Waals surface area (Å²) in [5, 5.41) is 0. The monoisotopic (exact) mass is 166 g/mol. The van der Waals surface area contributed by atoms with Crippen molar-refractivity contribution >= 4 is 6.29 Å². The van der Waals surface area contributed by atoms with Crippen molar-refractivity contribution in [2.75, 3.05) is 7.11 Å². The molecule has 0 bridgehead atoms. The summed E-state index contributed by atoms with van der Waals surface area (Å²) in [5.41, 5.74) is 0.906. The molecule has 0 aliphatic heterocycles. The molecule has 1 rings (SSSR count). The average molecular weight is 166 g/mol. The van der Waals surface area contributed by atoms with Gasteiger partial charge in [0.15, 0.2) is 12.1 Å². The lowest BCUT2D eigenvalue weighted by Gasteiger charge is -2.03. The summed E-state index contributed by atoms with van der Waals surface area (Å²) < 4.78 is 4.97. The van der Waals surface area contributed by atoms with Gasteiger partial charge < -0.3 is 4.74 Å². The highest BCUT2D eigenvalue weighted by atomic mass is 16.5. The molecule has 0 aliphatic carbocycles. The first-order valence-corrected chi connectivity index (χ1v) is 3.67. The second-order valence-electron chi connectivity index (χ2n) is 2.23. The molecule has 0 radical (unpaired) electrons. The first-order chi connectivity index (χ1) is 5.81. The van der Waals surface area contributed by atoms with Crippen LogP contribution in [0, 0.1) is 0 Å². The summed E-state index contributed by atoms with van der Waals surface area (Å²) in [6.07, 6.45) is 3.00. The molecule has 0 saturated carbocycles. The number of carbonyl (C=O) groups excluding carboxylic acids is 1. The van der Waals surface area contributed by atoms with E-state index in [-0.39, 0.29) is 5.82 Å². The van der Waals surface area contributed by atoms with Crippen LogP contribution in [0.2, 0.25) is 0 Å². The first kappa shape index (κ1) is 8.64. The molecule has 12 heavy (non-hydrogen) atoms. The van der Waals surface area contributed by atoms with Crippen molar-refractivity contribution in [2.24, 2.45) is 0 Å². The Morgan fingerprint density at radius 2 is 2.42 bits per heavy atom. The smallest absolute Gasteiger partial charge is 0.219 e. The van der Waals surface area contributed by atoms with Crippen molar-refractivity contribution in [1.29, 1.82) is 0 Å². The predicted octanol–water partition coefficient (Wildman–Crippen LogP) is 0.860. The summed E-state index contributed by atoms with van der Waals surface area (Å²) in [4.78, 5) is 18.0. The number of aromatic nitrogens is 2. The van der Waals surface area contributed by atoms with Gasteiger partial charge in [-0.1, -0.05) is 6.92 Å². The molecule has 0 saturated heterocycles. The number of ether oxygens (including phenoxy) is 1. The summed E-state index contributed by atoms with van der Waals surface area (Å²) >= 11 is 0. The molecule has 64 valence electrons. The fourth-order valence-corrected chi connectivity index (χ4v) is 0.880. The second kappa shape index (κ2) is 3.80. The van der Waals surface area contributed by atoms with E-state index in [1.165, 1.54) is 7.11 Å². The van der Waals surface area contributed by atoms with Crippen molar-refractivity contribution in [3.63, 3.8) is 0 Å². The first-order valence-electron chi connectivity index (χ1n) is 3.67. The van der Waals surface area contributed by atoms with Crippen molar-refractivity contribution in [3.8, 4) is 5.88 Å². The quantitative estimate of drug-likeness (QED) is 0.625. The van der Waals surface area contributed by atoms with E-state index < -0.39 is 0 Å². The molecule has 0 unspecified atom stereocenters. The SMILES string of the molecule is CCc1cnc(C=O)nc1OC. The molecule has 0 aliphatic rings. The van der Waals surface area contributed by atoms with E-state index in [4.69, 9.17) is 4.74 Å². The molecule has 0 N–H and O–H groups in total. The van der Waals surface area contributed by atoms with Crippen molar-refractivity contribution in [3.05, 3.63) is 17.6 Å². The van der Waals surface area contributed by atoms with Crippen molar-refractivity contribution in [1.82, 2.24) is 9.97 Å². The van der Waals surface area contributed by atoms with E-state index in [1.807, 2.05) is 6.92 Å². The molecule has 0 amide bonds. The van der Waals surface area contributed by atoms with E-state index >= 15 is 0 Å². The summed E-state index contributed by atoms with van der Waals surface area (Å²) in [5.74, 6) is 0.638. The number of hydrogen-bond acceptors (Lipinski definition) is 4. The van der Waals surface area contributed by atoms with Gasteiger partial charge >= 0.3 is 0 Å². The van der Waals surface area contributed by atoms with Crippen LogP contribution < -0.4 is 4.74 Å². The van der Waals surface area contributed by atoms with Crippen LogP contribution in [0.3, 0.4) is 0 Å². The lowest BCUT2D eigenvalue weighted by atomic mass is 10.2. The number of rotatable bonds is 3. The minimum Gasteiger partial charge on any atom is -0.481 e. The Labute approximate surface area is 70.6 Å². The highest BCUT2D eigenvalue weighted by Crippen LogP contribution is 2.13. The Morgan fingerprint density at radius 3 is 2.92 bits per heavy atom. The molecule has 4 heteroatoms. The number of methoxy groups -OCH3 is 1. The van der Waals surface area contributed by atoms with E-state index in [1.54, 1.807) is 6.20 Å². The topological polar surface area (TPSA) is 52.1 Å². The van der Waals surface area contributed by atoms with E-state index in [0.717, 1.165) is 12.0 Å². The Bertz CT molecular complexity index is 286. The number of aryl methyl sites for hydroxylation is 1. The van der Waals surface area contributed by atoms with Crippen LogP contribution in [-0.4, -0.2) is 23.4 Å². The molecule has 0 fully saturated rings. The van der Waals surface area contributed by atoms with Gasteiger partial charge in [-0.15, -0.1) is 0 Å². The maximum absolute atomic E-state index is 10.3. The molecular weight excluding hydrogens is 156 g/mol. The van der Waals surface area contributed by atoms with Crippen LogP contribution in [0.25, 0.3) is 0 Å². The molecule has 0 aromatic carbocycles. The highest BCUT2D eigenvalue weighted by Gasteiger charge is 2.04. The number of carbonyl (C=O) groups is 1. The molecule has 4 nitrogen and oxygen atoms in total. The third-order valence-corrected chi connectivity index (χ3v) is 1.52. The van der Waals surface area contributed by atoms with Crippen molar-refractivity contribution in [2.45, 2.75) is 13.3 Å². The van der Waals surface area contributed by atoms with E-state index in [2.05, 4.69) is 9.97 Å². The lowest BCUT2D eigenvalue weighted by Crippen LogP contribution is -2.00. The van der Waals surface area contributed by atoms with Crippen LogP contribution in [0.5, 0.6) is 5.88 Å². The fourth-order valence-electron chi connectivity index (χ4n) is 0.880. The number of hydrogen-bond donors (Lipinski definition) is 0. The van der Waals surface area contributed by atoms with Crippen LogP contribution in [0.1, 0.15) is 23.1 Å². The van der Waals surface area contributed by atoms with Crippen LogP contribution >= 0.6 is 0 Å². The van der Waals surface area contributed by atoms with Crippen LogP contribution in [0.4, 0.5) is 0 Å². The molecule has 0 atom stereocenters. The highest BCUT2D eigenvalue weighted by molar-refractivity contribution is 5.68. The molecule has 1 aromatic rings. The van der Waals surface area contributed by atoms with Gasteiger partial charge in [-0.2, -0.15) is 4.98 Å². The Morgan fingerprint density at radius 1 is 1.67 bits per heavy atom. The molecular formula is C8H10N2O2. The maximum Gasteiger partial charge on any atom is 0.219 e. The lowest BCUT2D eigenvalue weighted by molar-refractivity contribution is 0.111. The van der Waals surface area contributed by atoms with Gasteiger partial charge in [0, 0.05) is 11.8 Å².